The number of azide groups is 1. The molecule has 0 saturated carbocycles. The molecule has 9 heavy (non-hydrogen) atoms. The molecule has 0 heterocycles. The summed E-state index contributed by atoms with van der Waals surface area (Å²) in [5, 5.41) is 3.24. The van der Waals surface area contributed by atoms with E-state index in [0.717, 1.165) is 0 Å². The molecule has 0 saturated heterocycles. The largest absolute Gasteiger partial charge is 0.359 e. The number of nitrogens with zero attached hydrogens (tertiary/aromatic N) is 3. The molecule has 0 aliphatic carbocycles. The highest BCUT2D eigenvalue weighted by Gasteiger charge is 1.80. The Morgan fingerprint density at radius 2 is 2.44 bits per heavy atom. The summed E-state index contributed by atoms with van der Waals surface area (Å²) >= 11 is 0. The molecule has 0 rings (SSSR count). The molecule has 0 unspecified atom stereocenters. The predicted molar refractivity (Wildman–Crippen MR) is 31.8 cm³/mol. The Morgan fingerprint density at radius 1 is 1.67 bits per heavy atom. The van der Waals surface area contributed by atoms with Crippen LogP contribution in [0.4, 0.5) is 0 Å². The van der Waals surface area contributed by atoms with E-state index in [1.165, 1.54) is 7.11 Å². The van der Waals surface area contributed by atoms with Gasteiger partial charge in [-0.3, -0.25) is 0 Å². The summed E-state index contributed by atoms with van der Waals surface area (Å²) in [6.45, 7) is 1.03. The molecular formula is C4H9N3O2. The highest BCUT2D eigenvalue weighted by atomic mass is 16.7. The van der Waals surface area contributed by atoms with Crippen molar-refractivity contribution in [1.82, 2.24) is 0 Å². The van der Waals surface area contributed by atoms with Gasteiger partial charge < -0.3 is 9.47 Å². The maximum absolute atomic E-state index is 7.79. The highest BCUT2D eigenvalue weighted by Crippen LogP contribution is 1.76. The van der Waals surface area contributed by atoms with Crippen molar-refractivity contribution in [3.05, 3.63) is 10.4 Å². The van der Waals surface area contributed by atoms with Gasteiger partial charge in [-0.1, -0.05) is 5.11 Å². The lowest BCUT2D eigenvalue weighted by atomic mass is 10.7. The second-order valence-corrected chi connectivity index (χ2v) is 1.27. The van der Waals surface area contributed by atoms with Crippen molar-refractivity contribution in [1.29, 1.82) is 0 Å². The molecule has 5 heteroatoms. The van der Waals surface area contributed by atoms with Crippen LogP contribution in [0.3, 0.4) is 0 Å². The number of hydrogen-bond acceptors (Lipinski definition) is 3. The molecule has 0 aromatic carbocycles. The topological polar surface area (TPSA) is 67.2 Å². The summed E-state index contributed by atoms with van der Waals surface area (Å²) in [6.07, 6.45) is 0. The van der Waals surface area contributed by atoms with E-state index in [-0.39, 0.29) is 6.79 Å². The second-order valence-electron chi connectivity index (χ2n) is 1.27. The Balaban J connectivity index is 2.82. The third-order valence-electron chi connectivity index (χ3n) is 0.600. The van der Waals surface area contributed by atoms with E-state index in [1.807, 2.05) is 0 Å². The fourth-order valence-electron chi connectivity index (χ4n) is 0.292. The van der Waals surface area contributed by atoms with Crippen LogP contribution in [-0.4, -0.2) is 27.1 Å². The van der Waals surface area contributed by atoms with E-state index < -0.39 is 0 Å². The first kappa shape index (κ1) is 8.23. The molecule has 0 amide bonds. The van der Waals surface area contributed by atoms with Crippen LogP contribution in [0, 0.1) is 0 Å². The lowest BCUT2D eigenvalue weighted by molar-refractivity contribution is -0.0271. The van der Waals surface area contributed by atoms with E-state index >= 15 is 0 Å². The van der Waals surface area contributed by atoms with Crippen molar-refractivity contribution in [2.45, 2.75) is 0 Å². The van der Waals surface area contributed by atoms with E-state index in [1.54, 1.807) is 0 Å². The molecule has 0 aromatic heterocycles. The summed E-state index contributed by atoms with van der Waals surface area (Å²) in [5.41, 5.74) is 7.79. The monoisotopic (exact) mass is 131 g/mol. The molecule has 5 nitrogen and oxygen atoms in total. The molecule has 0 spiro atoms. The summed E-state index contributed by atoms with van der Waals surface area (Å²) in [4.78, 5) is 2.54. The first-order chi connectivity index (χ1) is 4.41. The molecule has 0 atom stereocenters. The fraction of sp³-hybridized carbons (Fsp3) is 1.00. The summed E-state index contributed by atoms with van der Waals surface area (Å²) in [7, 11) is 1.54. The number of hydrogen-bond donors (Lipinski definition) is 0. The molecule has 0 bridgehead atoms. The fourth-order valence-corrected chi connectivity index (χ4v) is 0.292. The van der Waals surface area contributed by atoms with E-state index in [9.17, 15) is 0 Å². The lowest BCUT2D eigenvalue weighted by Crippen LogP contribution is -2.00. The van der Waals surface area contributed by atoms with Crippen molar-refractivity contribution in [3.63, 3.8) is 0 Å². The van der Waals surface area contributed by atoms with Crippen LogP contribution < -0.4 is 0 Å². The van der Waals surface area contributed by atoms with Gasteiger partial charge in [-0.15, -0.1) is 0 Å². The molecule has 0 aromatic rings. The minimum absolute atomic E-state index is 0.251. The van der Waals surface area contributed by atoms with Gasteiger partial charge in [-0.05, 0) is 5.53 Å². The molecule has 52 valence electrons. The van der Waals surface area contributed by atoms with Gasteiger partial charge in [-0.2, -0.15) is 0 Å². The van der Waals surface area contributed by atoms with Crippen LogP contribution in [0.5, 0.6) is 0 Å². The first-order valence-corrected chi connectivity index (χ1v) is 2.49. The van der Waals surface area contributed by atoms with E-state index in [0.29, 0.717) is 13.2 Å². The van der Waals surface area contributed by atoms with Crippen molar-refractivity contribution in [2.75, 3.05) is 27.1 Å². The van der Waals surface area contributed by atoms with E-state index in [2.05, 4.69) is 14.8 Å². The molecular weight excluding hydrogens is 122 g/mol. The van der Waals surface area contributed by atoms with Crippen LogP contribution in [0.1, 0.15) is 0 Å². The van der Waals surface area contributed by atoms with Crippen molar-refractivity contribution in [3.8, 4) is 0 Å². The van der Waals surface area contributed by atoms with Gasteiger partial charge in [0.15, 0.2) is 0 Å². The summed E-state index contributed by atoms with van der Waals surface area (Å²) in [6, 6.07) is 0. The van der Waals surface area contributed by atoms with Crippen LogP contribution in [0.2, 0.25) is 0 Å². The first-order valence-electron chi connectivity index (χ1n) is 2.49. The maximum atomic E-state index is 7.79. The predicted octanol–water partition coefficient (Wildman–Crippen LogP) is 0.917. The number of ether oxygens (including phenoxy) is 2. The van der Waals surface area contributed by atoms with Crippen LogP contribution >= 0.6 is 0 Å². The zero-order valence-electron chi connectivity index (χ0n) is 5.28. The molecule has 0 aliphatic heterocycles. The molecule has 0 radical (unpaired) electrons. The average molecular weight is 131 g/mol. The molecule has 0 aliphatic rings. The maximum Gasteiger partial charge on any atom is 0.146 e. The summed E-state index contributed by atoms with van der Waals surface area (Å²) < 4.78 is 9.36. The standard InChI is InChI=1S/C4H9N3O2/c1-8-4-9-3-2-6-7-5/h2-4H2,1H3. The zero-order valence-corrected chi connectivity index (χ0v) is 5.28. The average Bonchev–Trinajstić information content (AvgIpc) is 1.89. The van der Waals surface area contributed by atoms with Gasteiger partial charge in [0.1, 0.15) is 6.79 Å². The molecule has 0 N–H and O–H groups in total. The van der Waals surface area contributed by atoms with Gasteiger partial charge in [-0.25, -0.2) is 0 Å². The van der Waals surface area contributed by atoms with Gasteiger partial charge in [0.2, 0.25) is 0 Å². The number of methoxy groups -OCH3 is 1. The second kappa shape index (κ2) is 7.23. The van der Waals surface area contributed by atoms with E-state index in [4.69, 9.17) is 10.3 Å². The normalized spacial score (nSPS) is 8.56. The van der Waals surface area contributed by atoms with Crippen molar-refractivity contribution < 1.29 is 9.47 Å². The van der Waals surface area contributed by atoms with Gasteiger partial charge >= 0.3 is 0 Å². The number of rotatable bonds is 5. The van der Waals surface area contributed by atoms with Gasteiger partial charge in [0.25, 0.3) is 0 Å². The quantitative estimate of drug-likeness (QED) is 0.183. The Hall–Kier alpha value is -0.770. The van der Waals surface area contributed by atoms with Crippen molar-refractivity contribution >= 4 is 0 Å². The van der Waals surface area contributed by atoms with Gasteiger partial charge in [0.05, 0.1) is 6.61 Å². The Morgan fingerprint density at radius 3 is 3.00 bits per heavy atom. The summed E-state index contributed by atoms with van der Waals surface area (Å²) in [5.74, 6) is 0. The van der Waals surface area contributed by atoms with Gasteiger partial charge in [0, 0.05) is 18.6 Å². The third kappa shape index (κ3) is 7.23. The Bertz CT molecular complexity index is 100.0. The minimum atomic E-state index is 0.251. The van der Waals surface area contributed by atoms with Crippen molar-refractivity contribution in [2.24, 2.45) is 5.11 Å². The zero-order chi connectivity index (χ0) is 6.95. The highest BCUT2D eigenvalue weighted by molar-refractivity contribution is 4.42. The SMILES string of the molecule is COCOCCN=[N+]=[N-]. The van der Waals surface area contributed by atoms with Crippen LogP contribution in [0.15, 0.2) is 5.11 Å². The lowest BCUT2D eigenvalue weighted by Gasteiger charge is -1.96. The smallest absolute Gasteiger partial charge is 0.146 e. The Labute approximate surface area is 53.2 Å². The Kier molecular flexibility index (Phi) is 6.61. The van der Waals surface area contributed by atoms with Crippen LogP contribution in [-0.2, 0) is 9.47 Å². The third-order valence-corrected chi connectivity index (χ3v) is 0.600. The van der Waals surface area contributed by atoms with Crippen LogP contribution in [0.25, 0.3) is 10.4 Å². The minimum Gasteiger partial charge on any atom is -0.359 e. The molecule has 0 fully saturated rings.